The maximum atomic E-state index is 15.0. The van der Waals surface area contributed by atoms with Crippen molar-refractivity contribution in [1.29, 1.82) is 0 Å². The van der Waals surface area contributed by atoms with Gasteiger partial charge in [-0.1, -0.05) is 124 Å². The normalized spacial score (nSPS) is 37.0. The van der Waals surface area contributed by atoms with Crippen molar-refractivity contribution in [2.24, 2.45) is 39.4 Å². The van der Waals surface area contributed by atoms with Crippen LogP contribution in [-0.4, -0.2) is 45.2 Å². The summed E-state index contributed by atoms with van der Waals surface area (Å²) < 4.78 is 0. The average molecular weight is 741 g/mol. The second-order valence-electron chi connectivity index (χ2n) is 19.1. The Kier molecular flexibility index (Phi) is 9.01. The Labute approximate surface area is 327 Å². The Bertz CT molecular complexity index is 2030. The van der Waals surface area contributed by atoms with Gasteiger partial charge in [0.15, 0.2) is 5.78 Å². The van der Waals surface area contributed by atoms with Crippen LogP contribution in [0.5, 0.6) is 0 Å². The highest BCUT2D eigenvalue weighted by Gasteiger charge is 2.74. The molecule has 290 valence electrons. The van der Waals surface area contributed by atoms with Crippen LogP contribution in [0.25, 0.3) is 10.8 Å². The fraction of sp³-hybridized carbons (Fsp3) is 0.551. The summed E-state index contributed by atoms with van der Waals surface area (Å²) >= 11 is 0. The van der Waals surface area contributed by atoms with Gasteiger partial charge in [-0.3, -0.25) is 4.79 Å². The number of hydrogen-bond donors (Lipinski definition) is 3. The molecule has 1 unspecified atom stereocenters. The predicted octanol–water partition coefficient (Wildman–Crippen LogP) is 9.85. The minimum atomic E-state index is -1.15. The summed E-state index contributed by atoms with van der Waals surface area (Å²) in [6.45, 7) is 7.35. The summed E-state index contributed by atoms with van der Waals surface area (Å²) in [5, 5.41) is 30.0. The molecule has 3 N–H and O–H groups in total. The zero-order valence-corrected chi connectivity index (χ0v) is 33.1. The quantitative estimate of drug-likeness (QED) is 0.201. The second-order valence-corrected chi connectivity index (χ2v) is 19.1. The SMILES string of the molecule is C[C@@H](NC(=O)N(Cc1cccc2ccccc12)C[C@]1(O)CC[C@H]2[C@]34C=C[C@@]5(C=C3C(=O)C3CCCCC3)CC(O)CC[C@]5(C)[C@H]4CC[C@@]21C)c1ccccc1. The van der Waals surface area contributed by atoms with Crippen molar-refractivity contribution in [3.8, 4) is 0 Å². The maximum Gasteiger partial charge on any atom is 0.318 e. The third kappa shape index (κ3) is 5.55. The van der Waals surface area contributed by atoms with Crippen LogP contribution in [0.4, 0.5) is 4.79 Å². The molecule has 6 heteroatoms. The first-order valence-electron chi connectivity index (χ1n) is 21.4. The number of fused-ring (bicyclic) bond motifs is 2. The predicted molar refractivity (Wildman–Crippen MR) is 218 cm³/mol. The molecule has 9 atom stereocenters. The smallest absolute Gasteiger partial charge is 0.318 e. The van der Waals surface area contributed by atoms with Crippen LogP contribution in [0.2, 0.25) is 0 Å². The van der Waals surface area contributed by atoms with Gasteiger partial charge in [0.1, 0.15) is 0 Å². The topological polar surface area (TPSA) is 89.9 Å². The number of amides is 2. The number of urea groups is 1. The monoisotopic (exact) mass is 740 g/mol. The molecule has 0 radical (unpaired) electrons. The van der Waals surface area contributed by atoms with Crippen LogP contribution in [0, 0.1) is 39.4 Å². The molecule has 0 aromatic heterocycles. The Balaban J connectivity index is 1.09. The van der Waals surface area contributed by atoms with Crippen LogP contribution in [0.15, 0.2) is 96.6 Å². The van der Waals surface area contributed by atoms with Crippen molar-refractivity contribution in [1.82, 2.24) is 10.2 Å². The molecule has 10 rings (SSSR count). The molecule has 2 amide bonds. The Hall–Kier alpha value is -3.74. The van der Waals surface area contributed by atoms with Crippen molar-refractivity contribution in [3.05, 3.63) is 108 Å². The van der Waals surface area contributed by atoms with Gasteiger partial charge >= 0.3 is 6.03 Å². The molecule has 0 saturated heterocycles. The van der Waals surface area contributed by atoms with Gasteiger partial charge in [0, 0.05) is 34.3 Å². The van der Waals surface area contributed by atoms with E-state index in [1.807, 2.05) is 54.3 Å². The maximum absolute atomic E-state index is 15.0. The summed E-state index contributed by atoms with van der Waals surface area (Å²) in [5.74, 6) is 0.722. The first-order valence-corrected chi connectivity index (χ1v) is 21.4. The van der Waals surface area contributed by atoms with Crippen molar-refractivity contribution < 1.29 is 19.8 Å². The third-order valence-corrected chi connectivity index (χ3v) is 16.6. The minimum Gasteiger partial charge on any atom is -0.393 e. The second kappa shape index (κ2) is 13.4. The molecule has 2 spiro atoms. The third-order valence-electron chi connectivity index (χ3n) is 16.6. The van der Waals surface area contributed by atoms with Gasteiger partial charge in [0.25, 0.3) is 0 Å². The summed E-state index contributed by atoms with van der Waals surface area (Å²) in [4.78, 5) is 31.5. The van der Waals surface area contributed by atoms with Gasteiger partial charge in [0.2, 0.25) is 0 Å². The number of rotatable bonds is 8. The number of carbonyl (C=O) groups excluding carboxylic acids is 2. The number of allylic oxidation sites excluding steroid dienone is 4. The molecule has 7 aliphatic rings. The number of benzene rings is 3. The first kappa shape index (κ1) is 36.9. The molecule has 3 aromatic rings. The number of ketones is 1. The van der Waals surface area contributed by atoms with E-state index in [1.54, 1.807) is 0 Å². The van der Waals surface area contributed by atoms with Gasteiger partial charge in [0.05, 0.1) is 24.3 Å². The van der Waals surface area contributed by atoms with Crippen LogP contribution in [-0.2, 0) is 11.3 Å². The summed E-state index contributed by atoms with van der Waals surface area (Å²) in [7, 11) is 0. The average Bonchev–Trinajstić information content (AvgIpc) is 3.47. The molecule has 3 aromatic carbocycles. The van der Waals surface area contributed by atoms with Gasteiger partial charge in [-0.25, -0.2) is 4.79 Å². The van der Waals surface area contributed by atoms with E-state index in [-0.39, 0.29) is 53.3 Å². The molecule has 6 nitrogen and oxygen atoms in total. The lowest BCUT2D eigenvalue weighted by Crippen LogP contribution is -2.67. The number of nitrogens with zero attached hydrogens (tertiary/aromatic N) is 1. The Morgan fingerprint density at radius 3 is 2.31 bits per heavy atom. The Morgan fingerprint density at radius 2 is 1.51 bits per heavy atom. The first-order chi connectivity index (χ1) is 26.4. The highest BCUT2D eigenvalue weighted by atomic mass is 16.3. The van der Waals surface area contributed by atoms with E-state index in [0.717, 1.165) is 85.3 Å². The van der Waals surface area contributed by atoms with Crippen molar-refractivity contribution in [2.75, 3.05) is 6.54 Å². The van der Waals surface area contributed by atoms with E-state index in [2.05, 4.69) is 67.7 Å². The highest BCUT2D eigenvalue weighted by molar-refractivity contribution is 6.00. The Morgan fingerprint density at radius 1 is 0.818 bits per heavy atom. The van der Waals surface area contributed by atoms with Crippen LogP contribution in [0.3, 0.4) is 0 Å². The number of hydrogen-bond acceptors (Lipinski definition) is 4. The number of carbonyl (C=O) groups is 2. The fourth-order valence-electron chi connectivity index (χ4n) is 13.5. The van der Waals surface area contributed by atoms with E-state index in [0.29, 0.717) is 25.2 Å². The van der Waals surface area contributed by atoms with Crippen molar-refractivity contribution >= 4 is 22.6 Å². The molecule has 0 heterocycles. The number of nitrogens with one attached hydrogen (secondary N) is 1. The molecule has 55 heavy (non-hydrogen) atoms. The van der Waals surface area contributed by atoms with Gasteiger partial charge < -0.3 is 20.4 Å². The molecule has 7 aliphatic carbocycles. The molecular formula is C49H60N2O4. The molecule has 0 aliphatic heterocycles. The fourth-order valence-corrected chi connectivity index (χ4v) is 13.5. The number of aliphatic hydroxyl groups excluding tert-OH is 1. The highest BCUT2D eigenvalue weighted by Crippen LogP contribution is 2.78. The van der Waals surface area contributed by atoms with E-state index < -0.39 is 16.4 Å². The van der Waals surface area contributed by atoms with E-state index in [1.165, 1.54) is 6.42 Å². The van der Waals surface area contributed by atoms with Crippen molar-refractivity contribution in [3.63, 3.8) is 0 Å². The number of Topliss-reactive ketones (excluding diaryl/α,β-unsaturated/α-hetero) is 1. The van der Waals surface area contributed by atoms with E-state index in [4.69, 9.17) is 0 Å². The van der Waals surface area contributed by atoms with E-state index in [9.17, 15) is 15.0 Å². The molecular weight excluding hydrogens is 681 g/mol. The summed E-state index contributed by atoms with van der Waals surface area (Å²) in [5.41, 5.74) is 0.571. The lowest BCUT2D eigenvalue weighted by molar-refractivity contribution is -0.178. The van der Waals surface area contributed by atoms with Gasteiger partial charge in [-0.05, 0) is 104 Å². The van der Waals surface area contributed by atoms with Gasteiger partial charge in [-0.2, -0.15) is 0 Å². The lowest BCUT2D eigenvalue weighted by atomic mass is 9.32. The van der Waals surface area contributed by atoms with Crippen LogP contribution < -0.4 is 5.32 Å². The van der Waals surface area contributed by atoms with Crippen LogP contribution >= 0.6 is 0 Å². The standard InChI is InChI=1S/C49H60N2O4/c1-33(34-13-6-4-7-14-34)50-44(54)51(31-37-19-12-18-35-15-10-11-20-39(35)37)32-48(55)26-23-42-46(48,3)25-22-41-45(2)24-21-38(52)29-47(45)27-28-49(41,42)40(30-47)43(53)36-16-8-5-9-17-36/h4,6-7,10-15,18-20,27-28,30,33,36,38,41-42,52,55H,5,8-9,16-17,21-26,29,31-32H2,1-3H3,(H,50,54)/t33-,38?,41-,42-,45-,46+,47+,48-,49-/m1/s1. The molecule has 4 fully saturated rings. The van der Waals surface area contributed by atoms with Gasteiger partial charge in [-0.15, -0.1) is 0 Å². The molecule has 4 saturated carbocycles. The number of aliphatic hydroxyl groups is 2. The lowest BCUT2D eigenvalue weighted by Gasteiger charge is -2.71. The zero-order chi connectivity index (χ0) is 38.2. The summed E-state index contributed by atoms with van der Waals surface area (Å²) in [6.07, 6.45) is 17.7. The molecule has 2 bridgehead atoms. The largest absolute Gasteiger partial charge is 0.393 e. The van der Waals surface area contributed by atoms with Crippen molar-refractivity contribution in [2.45, 2.75) is 122 Å². The van der Waals surface area contributed by atoms with Crippen LogP contribution in [0.1, 0.15) is 115 Å². The summed E-state index contributed by atoms with van der Waals surface area (Å²) in [6, 6.07) is 24.3. The minimum absolute atomic E-state index is 0.0545. The van der Waals surface area contributed by atoms with E-state index >= 15 is 4.79 Å². The zero-order valence-electron chi connectivity index (χ0n) is 33.1.